The molecule has 21 heavy (non-hydrogen) atoms. The van der Waals surface area contributed by atoms with E-state index in [2.05, 4.69) is 5.32 Å². The van der Waals surface area contributed by atoms with E-state index in [0.717, 1.165) is 19.4 Å². The molecule has 1 aliphatic rings. The largest absolute Gasteiger partial charge is 0.364 e. The zero-order valence-corrected chi connectivity index (χ0v) is 13.2. The molecule has 1 saturated heterocycles. The number of carbonyl (C=O) groups is 1. The minimum absolute atomic E-state index is 0.0350. The molecule has 1 atom stereocenters. The Labute approximate surface area is 125 Å². The number of nitrogens with zero attached hydrogens (tertiary/aromatic N) is 2. The number of aryl methyl sites for hydroxylation is 1. The summed E-state index contributed by atoms with van der Waals surface area (Å²) in [5.41, 5.74) is 5.44. The highest BCUT2D eigenvalue weighted by Gasteiger charge is 2.33. The van der Waals surface area contributed by atoms with E-state index in [-0.39, 0.29) is 16.6 Å². The lowest BCUT2D eigenvalue weighted by Crippen LogP contribution is -2.41. The minimum Gasteiger partial charge on any atom is -0.364 e. The molecule has 1 unspecified atom stereocenters. The molecule has 1 aliphatic heterocycles. The summed E-state index contributed by atoms with van der Waals surface area (Å²) in [7, 11) is -2.01. The minimum atomic E-state index is -3.62. The van der Waals surface area contributed by atoms with Crippen molar-refractivity contribution in [1.82, 2.24) is 14.2 Å². The Morgan fingerprint density at radius 3 is 2.76 bits per heavy atom. The smallest absolute Gasteiger partial charge is 0.265 e. The van der Waals surface area contributed by atoms with E-state index in [4.69, 9.17) is 5.73 Å². The first-order valence-corrected chi connectivity index (χ1v) is 8.50. The number of amides is 1. The van der Waals surface area contributed by atoms with Crippen LogP contribution in [0.25, 0.3) is 0 Å². The zero-order chi connectivity index (χ0) is 15.6. The second-order valence-electron chi connectivity index (χ2n) is 5.30. The SMILES string of the molecule is CCCN(C1CCNC1)S(=O)(=O)c1cc(C(N)=O)n(C)c1. The topological polar surface area (TPSA) is 97.4 Å². The van der Waals surface area contributed by atoms with Crippen LogP contribution in [-0.2, 0) is 17.1 Å². The summed E-state index contributed by atoms with van der Waals surface area (Å²) in [5, 5.41) is 3.18. The number of primary amides is 1. The predicted octanol–water partition coefficient (Wildman–Crippen LogP) is -0.113. The number of rotatable bonds is 6. The van der Waals surface area contributed by atoms with Crippen LogP contribution in [0.1, 0.15) is 30.3 Å². The molecular formula is C13H22N4O3S. The zero-order valence-electron chi connectivity index (χ0n) is 12.4. The molecular weight excluding hydrogens is 292 g/mol. The van der Waals surface area contributed by atoms with Crippen LogP contribution in [0.5, 0.6) is 0 Å². The highest BCUT2D eigenvalue weighted by Crippen LogP contribution is 2.23. The van der Waals surface area contributed by atoms with E-state index in [1.165, 1.54) is 21.1 Å². The third-order valence-electron chi connectivity index (χ3n) is 3.72. The van der Waals surface area contributed by atoms with Gasteiger partial charge in [0.2, 0.25) is 10.0 Å². The van der Waals surface area contributed by atoms with Crippen LogP contribution < -0.4 is 11.1 Å². The average molecular weight is 314 g/mol. The number of sulfonamides is 1. The third kappa shape index (κ3) is 3.12. The summed E-state index contributed by atoms with van der Waals surface area (Å²) >= 11 is 0. The Morgan fingerprint density at radius 1 is 1.57 bits per heavy atom. The van der Waals surface area contributed by atoms with Crippen LogP contribution in [0.2, 0.25) is 0 Å². The lowest BCUT2D eigenvalue weighted by molar-refractivity contribution is 0.0992. The van der Waals surface area contributed by atoms with Crippen molar-refractivity contribution in [2.75, 3.05) is 19.6 Å². The first-order valence-electron chi connectivity index (χ1n) is 7.06. The van der Waals surface area contributed by atoms with Gasteiger partial charge in [0.1, 0.15) is 10.6 Å². The van der Waals surface area contributed by atoms with Crippen LogP contribution in [0.4, 0.5) is 0 Å². The highest BCUT2D eigenvalue weighted by molar-refractivity contribution is 7.89. The Bertz CT molecular complexity index is 617. The number of hydrogen-bond acceptors (Lipinski definition) is 4. The van der Waals surface area contributed by atoms with Crippen molar-refractivity contribution in [1.29, 1.82) is 0 Å². The Hall–Kier alpha value is -1.38. The first-order chi connectivity index (χ1) is 9.87. The van der Waals surface area contributed by atoms with E-state index in [0.29, 0.717) is 13.1 Å². The molecule has 0 spiro atoms. The summed E-state index contributed by atoms with van der Waals surface area (Å²) in [6.45, 7) is 3.90. The number of aromatic nitrogens is 1. The van der Waals surface area contributed by atoms with Crippen molar-refractivity contribution in [3.8, 4) is 0 Å². The normalized spacial score (nSPS) is 19.3. The van der Waals surface area contributed by atoms with Gasteiger partial charge in [-0.1, -0.05) is 6.92 Å². The lowest BCUT2D eigenvalue weighted by Gasteiger charge is -2.26. The monoisotopic (exact) mass is 314 g/mol. The standard InChI is InChI=1S/C13H22N4O3S/c1-3-6-17(10-4-5-15-8-10)21(19,20)11-7-12(13(14)18)16(2)9-11/h7,9-10,15H,3-6,8H2,1-2H3,(H2,14,18). The molecule has 118 valence electrons. The van der Waals surface area contributed by atoms with E-state index in [9.17, 15) is 13.2 Å². The molecule has 1 amide bonds. The first kappa shape index (κ1) is 16.0. The molecule has 0 aliphatic carbocycles. The van der Waals surface area contributed by atoms with Gasteiger partial charge < -0.3 is 15.6 Å². The van der Waals surface area contributed by atoms with Gasteiger partial charge in [0.25, 0.3) is 5.91 Å². The summed E-state index contributed by atoms with van der Waals surface area (Å²) < 4.78 is 28.6. The fourth-order valence-corrected chi connectivity index (χ4v) is 4.48. The van der Waals surface area contributed by atoms with Gasteiger partial charge in [-0.05, 0) is 25.5 Å². The fraction of sp³-hybridized carbons (Fsp3) is 0.615. The van der Waals surface area contributed by atoms with Gasteiger partial charge in [-0.2, -0.15) is 4.31 Å². The molecule has 0 radical (unpaired) electrons. The van der Waals surface area contributed by atoms with Crippen LogP contribution >= 0.6 is 0 Å². The van der Waals surface area contributed by atoms with Crippen molar-refractivity contribution in [2.45, 2.75) is 30.7 Å². The summed E-state index contributed by atoms with van der Waals surface area (Å²) in [5.74, 6) is -0.636. The number of carbonyl (C=O) groups excluding carboxylic acids is 1. The van der Waals surface area contributed by atoms with E-state index >= 15 is 0 Å². The maximum Gasteiger partial charge on any atom is 0.265 e. The molecule has 0 aromatic carbocycles. The lowest BCUT2D eigenvalue weighted by atomic mass is 10.2. The van der Waals surface area contributed by atoms with Crippen molar-refractivity contribution in [3.05, 3.63) is 18.0 Å². The molecule has 1 fully saturated rings. The van der Waals surface area contributed by atoms with Crippen LogP contribution in [0.3, 0.4) is 0 Å². The van der Waals surface area contributed by atoms with Crippen LogP contribution in [0, 0.1) is 0 Å². The Morgan fingerprint density at radius 2 is 2.29 bits per heavy atom. The molecule has 8 heteroatoms. The third-order valence-corrected chi connectivity index (χ3v) is 5.64. The van der Waals surface area contributed by atoms with Crippen molar-refractivity contribution in [3.63, 3.8) is 0 Å². The second-order valence-corrected chi connectivity index (χ2v) is 7.19. The highest BCUT2D eigenvalue weighted by atomic mass is 32.2. The second kappa shape index (κ2) is 6.17. The number of hydrogen-bond donors (Lipinski definition) is 2. The van der Waals surface area contributed by atoms with Gasteiger partial charge in [0, 0.05) is 32.4 Å². The van der Waals surface area contributed by atoms with Crippen LogP contribution in [-0.4, -0.2) is 48.9 Å². The molecule has 1 aromatic heterocycles. The Balaban J connectivity index is 2.37. The maximum atomic E-state index is 12.8. The molecule has 0 saturated carbocycles. The Kier molecular flexibility index (Phi) is 4.70. The van der Waals surface area contributed by atoms with Crippen molar-refractivity contribution < 1.29 is 13.2 Å². The molecule has 2 rings (SSSR count). The molecule has 1 aromatic rings. The molecule has 0 bridgehead atoms. The van der Waals surface area contributed by atoms with Gasteiger partial charge in [-0.25, -0.2) is 8.42 Å². The molecule has 7 nitrogen and oxygen atoms in total. The number of nitrogens with one attached hydrogen (secondary N) is 1. The van der Waals surface area contributed by atoms with Gasteiger partial charge in [0.05, 0.1) is 0 Å². The van der Waals surface area contributed by atoms with E-state index < -0.39 is 15.9 Å². The summed E-state index contributed by atoms with van der Waals surface area (Å²) in [4.78, 5) is 11.4. The summed E-state index contributed by atoms with van der Waals surface area (Å²) in [6, 6.07) is 1.31. The van der Waals surface area contributed by atoms with Gasteiger partial charge in [-0.3, -0.25) is 4.79 Å². The van der Waals surface area contributed by atoms with Crippen molar-refractivity contribution in [2.24, 2.45) is 12.8 Å². The van der Waals surface area contributed by atoms with Crippen LogP contribution in [0.15, 0.2) is 17.2 Å². The van der Waals surface area contributed by atoms with Gasteiger partial charge >= 0.3 is 0 Å². The number of nitrogens with two attached hydrogens (primary N) is 1. The van der Waals surface area contributed by atoms with Gasteiger partial charge in [0.15, 0.2) is 0 Å². The van der Waals surface area contributed by atoms with E-state index in [1.807, 2.05) is 6.92 Å². The molecule has 2 heterocycles. The average Bonchev–Trinajstić information content (AvgIpc) is 3.04. The maximum absolute atomic E-state index is 12.8. The van der Waals surface area contributed by atoms with E-state index in [1.54, 1.807) is 7.05 Å². The predicted molar refractivity (Wildman–Crippen MR) is 79.4 cm³/mol. The van der Waals surface area contributed by atoms with Gasteiger partial charge in [-0.15, -0.1) is 0 Å². The molecule has 3 N–H and O–H groups in total. The quantitative estimate of drug-likeness (QED) is 0.765. The fourth-order valence-electron chi connectivity index (χ4n) is 2.66. The summed E-state index contributed by atoms with van der Waals surface area (Å²) in [6.07, 6.45) is 2.99. The van der Waals surface area contributed by atoms with Crippen molar-refractivity contribution >= 4 is 15.9 Å².